The Morgan fingerprint density at radius 3 is 2.38 bits per heavy atom. The summed E-state index contributed by atoms with van der Waals surface area (Å²) >= 11 is 6.49. The van der Waals surface area contributed by atoms with E-state index in [4.69, 9.17) is 25.5 Å². The molecule has 1 aliphatic heterocycles. The monoisotopic (exact) mass is 559 g/mol. The van der Waals surface area contributed by atoms with Gasteiger partial charge in [0.15, 0.2) is 16.9 Å². The van der Waals surface area contributed by atoms with Crippen molar-refractivity contribution in [3.8, 4) is 11.5 Å². The van der Waals surface area contributed by atoms with Gasteiger partial charge in [-0.3, -0.25) is 14.5 Å². The molecule has 0 radical (unpaired) electrons. The number of aryl methyl sites for hydroxylation is 3. The van der Waals surface area contributed by atoms with Gasteiger partial charge in [-0.05, 0) is 98.7 Å². The van der Waals surface area contributed by atoms with E-state index in [1.165, 1.54) is 0 Å². The molecular formula is C33H34ClNO5. The van der Waals surface area contributed by atoms with Crippen molar-refractivity contribution in [1.82, 2.24) is 0 Å². The molecule has 6 nitrogen and oxygen atoms in total. The summed E-state index contributed by atoms with van der Waals surface area (Å²) in [5, 5.41) is 0.974. The van der Waals surface area contributed by atoms with E-state index in [0.29, 0.717) is 63.4 Å². The SMILES string of the molecule is CCOc1cc(C2c3c(oc4cc(C)c(C)cc4c3=O)C(=O)N2c2ccc(C)c(Cl)c2)ccc1OCCC(C)C. The van der Waals surface area contributed by atoms with Crippen LogP contribution in [-0.4, -0.2) is 19.1 Å². The Bertz CT molecular complexity index is 1670. The number of nitrogens with zero attached hydrogens (tertiary/aromatic N) is 1. The van der Waals surface area contributed by atoms with E-state index in [2.05, 4.69) is 13.8 Å². The van der Waals surface area contributed by atoms with Gasteiger partial charge in [-0.25, -0.2) is 0 Å². The molecule has 40 heavy (non-hydrogen) atoms. The Labute approximate surface area is 239 Å². The molecule has 0 fully saturated rings. The molecule has 1 atom stereocenters. The minimum absolute atomic E-state index is 0.0395. The van der Waals surface area contributed by atoms with Crippen molar-refractivity contribution in [2.75, 3.05) is 18.1 Å². The predicted octanol–water partition coefficient (Wildman–Crippen LogP) is 7.95. The van der Waals surface area contributed by atoms with Crippen LogP contribution in [0.2, 0.25) is 5.02 Å². The zero-order chi connectivity index (χ0) is 28.7. The minimum atomic E-state index is -0.743. The topological polar surface area (TPSA) is 69.0 Å². The lowest BCUT2D eigenvalue weighted by atomic mass is 9.96. The highest BCUT2D eigenvalue weighted by Gasteiger charge is 2.44. The molecular weight excluding hydrogens is 526 g/mol. The molecule has 0 saturated carbocycles. The van der Waals surface area contributed by atoms with Crippen molar-refractivity contribution in [2.45, 2.75) is 54.0 Å². The van der Waals surface area contributed by atoms with E-state index in [1.54, 1.807) is 11.0 Å². The number of benzene rings is 3. The fourth-order valence-electron chi connectivity index (χ4n) is 5.03. The predicted molar refractivity (Wildman–Crippen MR) is 159 cm³/mol. The van der Waals surface area contributed by atoms with E-state index in [0.717, 1.165) is 23.1 Å². The van der Waals surface area contributed by atoms with Crippen LogP contribution in [0.3, 0.4) is 0 Å². The van der Waals surface area contributed by atoms with Gasteiger partial charge in [0.05, 0.1) is 30.2 Å². The summed E-state index contributed by atoms with van der Waals surface area (Å²) < 4.78 is 18.2. The molecule has 0 bridgehead atoms. The van der Waals surface area contributed by atoms with Gasteiger partial charge in [-0.2, -0.15) is 0 Å². The highest BCUT2D eigenvalue weighted by molar-refractivity contribution is 6.31. The second kappa shape index (κ2) is 11.0. The van der Waals surface area contributed by atoms with Crippen molar-refractivity contribution in [2.24, 2.45) is 5.92 Å². The number of carbonyl (C=O) groups is 1. The van der Waals surface area contributed by atoms with Crippen LogP contribution in [0.5, 0.6) is 11.5 Å². The number of fused-ring (bicyclic) bond motifs is 2. The third-order valence-corrected chi connectivity index (χ3v) is 7.86. The van der Waals surface area contributed by atoms with Crippen LogP contribution in [0, 0.1) is 26.7 Å². The molecule has 2 heterocycles. The van der Waals surface area contributed by atoms with E-state index < -0.39 is 11.9 Å². The van der Waals surface area contributed by atoms with Crippen LogP contribution in [-0.2, 0) is 0 Å². The maximum absolute atomic E-state index is 14.1. The number of hydrogen-bond acceptors (Lipinski definition) is 5. The van der Waals surface area contributed by atoms with Gasteiger partial charge in [0.25, 0.3) is 5.91 Å². The quantitative estimate of drug-likeness (QED) is 0.219. The summed E-state index contributed by atoms with van der Waals surface area (Å²) in [4.78, 5) is 29.7. The average molecular weight is 560 g/mol. The lowest BCUT2D eigenvalue weighted by molar-refractivity contribution is 0.0971. The third-order valence-electron chi connectivity index (χ3n) is 7.46. The van der Waals surface area contributed by atoms with Crippen molar-refractivity contribution < 1.29 is 18.7 Å². The van der Waals surface area contributed by atoms with Gasteiger partial charge in [-0.1, -0.05) is 37.6 Å². The van der Waals surface area contributed by atoms with Gasteiger partial charge < -0.3 is 13.9 Å². The number of anilines is 1. The maximum Gasteiger partial charge on any atom is 0.295 e. The summed E-state index contributed by atoms with van der Waals surface area (Å²) in [7, 11) is 0. The van der Waals surface area contributed by atoms with Crippen LogP contribution in [0.25, 0.3) is 11.0 Å². The van der Waals surface area contributed by atoms with Crippen LogP contribution in [0.1, 0.15) is 71.6 Å². The first kappa shape index (κ1) is 27.8. The standard InChI is InChI=1S/C33H34ClNO5/c1-7-38-28-16-22(9-11-26(28)39-13-12-18(2)3)30-29-31(36)24-14-20(5)21(6)15-27(24)40-32(29)33(37)35(30)23-10-8-19(4)25(34)17-23/h8-11,14-18,30H,7,12-13H2,1-6H3. The van der Waals surface area contributed by atoms with Crippen LogP contribution >= 0.6 is 11.6 Å². The van der Waals surface area contributed by atoms with Crippen molar-refractivity contribution >= 4 is 34.2 Å². The molecule has 208 valence electrons. The summed E-state index contributed by atoms with van der Waals surface area (Å²) in [6.45, 7) is 13.0. The third kappa shape index (κ3) is 4.97. The Hall–Kier alpha value is -3.77. The maximum atomic E-state index is 14.1. The summed E-state index contributed by atoms with van der Waals surface area (Å²) in [5.41, 5.74) is 4.59. The molecule has 1 amide bonds. The molecule has 0 spiro atoms. The van der Waals surface area contributed by atoms with Gasteiger partial charge in [0.1, 0.15) is 5.58 Å². The largest absolute Gasteiger partial charge is 0.490 e. The Kier molecular flexibility index (Phi) is 7.65. The van der Waals surface area contributed by atoms with Crippen LogP contribution < -0.4 is 19.8 Å². The zero-order valence-electron chi connectivity index (χ0n) is 23.8. The highest BCUT2D eigenvalue weighted by Crippen LogP contribution is 2.44. The van der Waals surface area contributed by atoms with Crippen LogP contribution in [0.15, 0.2) is 57.7 Å². The van der Waals surface area contributed by atoms with E-state index in [9.17, 15) is 9.59 Å². The second-order valence-electron chi connectivity index (χ2n) is 10.8. The summed E-state index contributed by atoms with van der Waals surface area (Å²) in [6.07, 6.45) is 0.910. The molecule has 0 N–H and O–H groups in total. The first-order chi connectivity index (χ1) is 19.1. The fraction of sp³-hybridized carbons (Fsp3) is 0.333. The van der Waals surface area contributed by atoms with Gasteiger partial charge in [-0.15, -0.1) is 0 Å². The Morgan fingerprint density at radius 2 is 1.68 bits per heavy atom. The number of rotatable bonds is 8. The molecule has 1 aromatic heterocycles. The normalized spacial score (nSPS) is 14.8. The summed E-state index contributed by atoms with van der Waals surface area (Å²) in [5.74, 6) is 1.33. The molecule has 4 aromatic rings. The van der Waals surface area contributed by atoms with Crippen molar-refractivity contribution in [1.29, 1.82) is 0 Å². The van der Waals surface area contributed by atoms with Crippen molar-refractivity contribution in [3.05, 3.63) is 97.4 Å². The van der Waals surface area contributed by atoms with Gasteiger partial charge in [0, 0.05) is 10.7 Å². The van der Waals surface area contributed by atoms with Gasteiger partial charge in [0.2, 0.25) is 5.76 Å². The highest BCUT2D eigenvalue weighted by atomic mass is 35.5. The molecule has 5 rings (SSSR count). The Morgan fingerprint density at radius 1 is 0.925 bits per heavy atom. The van der Waals surface area contributed by atoms with Crippen LogP contribution in [0.4, 0.5) is 5.69 Å². The molecule has 0 aliphatic carbocycles. The molecule has 7 heteroatoms. The number of amides is 1. The molecule has 3 aromatic carbocycles. The molecule has 1 aliphatic rings. The number of carbonyl (C=O) groups excluding carboxylic acids is 1. The van der Waals surface area contributed by atoms with Gasteiger partial charge >= 0.3 is 0 Å². The zero-order valence-corrected chi connectivity index (χ0v) is 24.5. The molecule has 0 saturated heterocycles. The first-order valence-corrected chi connectivity index (χ1v) is 14.1. The fourth-order valence-corrected chi connectivity index (χ4v) is 5.20. The van der Waals surface area contributed by atoms with E-state index >= 15 is 0 Å². The number of ether oxygens (including phenoxy) is 2. The van der Waals surface area contributed by atoms with E-state index in [-0.39, 0.29) is 11.2 Å². The van der Waals surface area contributed by atoms with E-state index in [1.807, 2.05) is 70.2 Å². The average Bonchev–Trinajstić information content (AvgIpc) is 3.20. The molecule has 1 unspecified atom stereocenters. The second-order valence-corrected chi connectivity index (χ2v) is 11.2. The smallest absolute Gasteiger partial charge is 0.295 e. The van der Waals surface area contributed by atoms with Crippen molar-refractivity contribution in [3.63, 3.8) is 0 Å². The lowest BCUT2D eigenvalue weighted by Gasteiger charge is -2.26. The Balaban J connectivity index is 1.72. The summed E-state index contributed by atoms with van der Waals surface area (Å²) in [6, 6.07) is 13.9. The number of halogens is 1. The first-order valence-electron chi connectivity index (χ1n) is 13.7. The minimum Gasteiger partial charge on any atom is -0.490 e. The number of hydrogen-bond donors (Lipinski definition) is 0. The lowest BCUT2D eigenvalue weighted by Crippen LogP contribution is -2.29.